The summed E-state index contributed by atoms with van der Waals surface area (Å²) in [6, 6.07) is 26.2. The van der Waals surface area contributed by atoms with E-state index in [2.05, 4.69) is 4.57 Å². The lowest BCUT2D eigenvalue weighted by Gasteiger charge is -2.08. The Kier molecular flexibility index (Phi) is 5.48. The number of halogens is 1. The van der Waals surface area contributed by atoms with E-state index in [0.29, 0.717) is 34.0 Å². The van der Waals surface area contributed by atoms with Gasteiger partial charge in [0.25, 0.3) is 0 Å². The first-order valence-electron chi connectivity index (χ1n) is 10.7. The van der Waals surface area contributed by atoms with Crippen molar-refractivity contribution in [3.05, 3.63) is 112 Å². The number of ketones is 1. The Balaban J connectivity index is 1.80. The number of para-hydroxylation sites is 2. The second-order valence-corrected chi connectivity index (χ2v) is 8.16. The lowest BCUT2D eigenvalue weighted by Crippen LogP contribution is -2.07. The Morgan fingerprint density at radius 3 is 2.24 bits per heavy atom. The highest BCUT2D eigenvalue weighted by Crippen LogP contribution is 2.30. The summed E-state index contributed by atoms with van der Waals surface area (Å²) in [6.45, 7) is 2.56. The fourth-order valence-corrected chi connectivity index (χ4v) is 4.33. The van der Waals surface area contributed by atoms with Crippen molar-refractivity contribution in [1.29, 1.82) is 0 Å². The molecular weight excluding hydrogens is 436 g/mol. The molecule has 0 saturated heterocycles. The number of hydrogen-bond donors (Lipinski definition) is 0. The quantitative estimate of drug-likeness (QED) is 0.232. The maximum atomic E-state index is 13.6. The van der Waals surface area contributed by atoms with Crippen LogP contribution in [0, 0.1) is 0 Å². The maximum absolute atomic E-state index is 13.6. The summed E-state index contributed by atoms with van der Waals surface area (Å²) in [4.78, 5) is 26.5. The average Bonchev–Trinajstić information content (AvgIpc) is 3.37. The number of benzene rings is 3. The number of ether oxygens (including phenoxy) is 1. The van der Waals surface area contributed by atoms with Crippen LogP contribution in [0.25, 0.3) is 16.7 Å². The number of carbonyl (C=O) groups excluding carboxylic acids is 2. The molecule has 2 heterocycles. The average molecular weight is 457 g/mol. The molecule has 0 aliphatic heterocycles. The second-order valence-electron chi connectivity index (χ2n) is 7.72. The van der Waals surface area contributed by atoms with Crippen molar-refractivity contribution >= 4 is 40.0 Å². The lowest BCUT2D eigenvalue weighted by atomic mass is 10.1. The topological polar surface area (TPSA) is 52.7 Å². The summed E-state index contributed by atoms with van der Waals surface area (Å²) in [6.07, 6.45) is 0. The number of carbonyl (C=O) groups is 2. The fourth-order valence-electron chi connectivity index (χ4n) is 4.21. The van der Waals surface area contributed by atoms with Crippen LogP contribution in [0.3, 0.4) is 0 Å². The van der Waals surface area contributed by atoms with Crippen molar-refractivity contribution in [2.45, 2.75) is 13.5 Å². The molecule has 0 aliphatic carbocycles. The molecule has 0 saturated carbocycles. The van der Waals surface area contributed by atoms with Crippen LogP contribution in [-0.2, 0) is 11.3 Å². The number of nitrogens with zero attached hydrogens (tertiary/aromatic N) is 2. The summed E-state index contributed by atoms with van der Waals surface area (Å²) in [5.41, 5.74) is 4.75. The van der Waals surface area contributed by atoms with Gasteiger partial charge < -0.3 is 9.30 Å². The largest absolute Gasteiger partial charge is 0.462 e. The molecule has 0 atom stereocenters. The van der Waals surface area contributed by atoms with E-state index in [1.54, 1.807) is 37.3 Å². The van der Waals surface area contributed by atoms with Gasteiger partial charge in [-0.2, -0.15) is 0 Å². The van der Waals surface area contributed by atoms with Crippen LogP contribution in [0.1, 0.15) is 38.9 Å². The SMILES string of the molecule is CCOC(=O)c1cc(C(=O)c2ccc(Cl)cc2)n2c3ccccc3n(Cc3ccccc3)c12. The molecule has 0 N–H and O–H groups in total. The predicted molar refractivity (Wildman–Crippen MR) is 129 cm³/mol. The molecule has 0 spiro atoms. The summed E-state index contributed by atoms with van der Waals surface area (Å²) in [5.74, 6) is -0.651. The molecule has 0 fully saturated rings. The molecule has 5 rings (SSSR count). The van der Waals surface area contributed by atoms with E-state index in [4.69, 9.17) is 16.3 Å². The van der Waals surface area contributed by atoms with Crippen LogP contribution < -0.4 is 0 Å². The van der Waals surface area contributed by atoms with E-state index in [-0.39, 0.29) is 12.4 Å². The van der Waals surface area contributed by atoms with Gasteiger partial charge in [-0.1, -0.05) is 54.1 Å². The molecule has 5 aromatic rings. The smallest absolute Gasteiger partial charge is 0.341 e. The van der Waals surface area contributed by atoms with Crippen LogP contribution in [0.4, 0.5) is 0 Å². The molecule has 5 nitrogen and oxygen atoms in total. The van der Waals surface area contributed by atoms with E-state index in [0.717, 1.165) is 16.6 Å². The Bertz CT molecular complexity index is 1480. The minimum Gasteiger partial charge on any atom is -0.462 e. The highest BCUT2D eigenvalue weighted by molar-refractivity contribution is 6.30. The summed E-state index contributed by atoms with van der Waals surface area (Å²) >= 11 is 6.02. The number of fused-ring (bicyclic) bond motifs is 3. The zero-order chi connectivity index (χ0) is 22.9. The molecule has 0 aliphatic rings. The van der Waals surface area contributed by atoms with Gasteiger partial charge >= 0.3 is 5.97 Å². The van der Waals surface area contributed by atoms with E-state index < -0.39 is 5.97 Å². The Hall–Kier alpha value is -3.83. The van der Waals surface area contributed by atoms with Crippen LogP contribution in [-0.4, -0.2) is 27.3 Å². The van der Waals surface area contributed by atoms with Crippen molar-refractivity contribution in [3.63, 3.8) is 0 Å². The van der Waals surface area contributed by atoms with E-state index in [1.165, 1.54) is 0 Å². The second kappa shape index (κ2) is 8.60. The molecule has 3 aromatic carbocycles. The first-order chi connectivity index (χ1) is 16.1. The standard InChI is InChI=1S/C27H21ClN2O3/c1-2-33-27(32)21-16-24(25(31)19-12-14-20(28)15-13-19)30-23-11-7-6-10-22(23)29(26(21)30)17-18-8-4-3-5-9-18/h3-16H,2,17H2,1H3. The molecule has 0 radical (unpaired) electrons. The van der Waals surface area contributed by atoms with Crippen LogP contribution in [0.5, 0.6) is 0 Å². The third-order valence-corrected chi connectivity index (χ3v) is 5.91. The highest BCUT2D eigenvalue weighted by atomic mass is 35.5. The van der Waals surface area contributed by atoms with Gasteiger partial charge in [0.2, 0.25) is 5.78 Å². The molecule has 164 valence electrons. The Labute approximate surface area is 195 Å². The predicted octanol–water partition coefficient (Wildman–Crippen LogP) is 6.00. The zero-order valence-corrected chi connectivity index (χ0v) is 18.8. The number of esters is 1. The van der Waals surface area contributed by atoms with Crippen LogP contribution >= 0.6 is 11.6 Å². The van der Waals surface area contributed by atoms with Crippen molar-refractivity contribution in [2.75, 3.05) is 6.61 Å². The maximum Gasteiger partial charge on any atom is 0.341 e. The number of hydrogen-bond acceptors (Lipinski definition) is 3. The van der Waals surface area contributed by atoms with Gasteiger partial charge in [0.15, 0.2) is 0 Å². The van der Waals surface area contributed by atoms with Gasteiger partial charge in [0, 0.05) is 17.1 Å². The van der Waals surface area contributed by atoms with Gasteiger partial charge in [0.1, 0.15) is 11.2 Å². The first-order valence-corrected chi connectivity index (χ1v) is 11.1. The van der Waals surface area contributed by atoms with Gasteiger partial charge in [-0.25, -0.2) is 4.79 Å². The minimum absolute atomic E-state index is 0.195. The monoisotopic (exact) mass is 456 g/mol. The number of aromatic nitrogens is 2. The van der Waals surface area contributed by atoms with Gasteiger partial charge in [-0.05, 0) is 55.0 Å². The van der Waals surface area contributed by atoms with Crippen LogP contribution in [0.2, 0.25) is 5.02 Å². The van der Waals surface area contributed by atoms with E-state index in [1.807, 2.05) is 59.0 Å². The van der Waals surface area contributed by atoms with Crippen molar-refractivity contribution in [1.82, 2.24) is 8.97 Å². The van der Waals surface area contributed by atoms with Crippen molar-refractivity contribution in [2.24, 2.45) is 0 Å². The third kappa shape index (κ3) is 3.70. The zero-order valence-electron chi connectivity index (χ0n) is 18.0. The normalized spacial score (nSPS) is 11.2. The third-order valence-electron chi connectivity index (χ3n) is 5.66. The van der Waals surface area contributed by atoms with Crippen molar-refractivity contribution < 1.29 is 14.3 Å². The number of rotatable bonds is 6. The first kappa shape index (κ1) is 21.0. The molecule has 0 bridgehead atoms. The molecule has 0 unspecified atom stereocenters. The number of imidazole rings is 1. The lowest BCUT2D eigenvalue weighted by molar-refractivity contribution is 0.0528. The minimum atomic E-state index is -0.456. The van der Waals surface area contributed by atoms with Gasteiger partial charge in [0.05, 0.1) is 23.3 Å². The molecule has 6 heteroatoms. The Morgan fingerprint density at radius 2 is 1.55 bits per heavy atom. The van der Waals surface area contributed by atoms with Crippen LogP contribution in [0.15, 0.2) is 84.9 Å². The fraction of sp³-hybridized carbons (Fsp3) is 0.111. The molecule has 0 amide bonds. The van der Waals surface area contributed by atoms with E-state index >= 15 is 0 Å². The van der Waals surface area contributed by atoms with E-state index in [9.17, 15) is 9.59 Å². The van der Waals surface area contributed by atoms with Gasteiger partial charge in [-0.3, -0.25) is 9.20 Å². The summed E-state index contributed by atoms with van der Waals surface area (Å²) in [7, 11) is 0. The summed E-state index contributed by atoms with van der Waals surface area (Å²) in [5, 5.41) is 0.554. The van der Waals surface area contributed by atoms with Gasteiger partial charge in [-0.15, -0.1) is 0 Å². The van der Waals surface area contributed by atoms with Crippen molar-refractivity contribution in [3.8, 4) is 0 Å². The Morgan fingerprint density at radius 1 is 0.879 bits per heavy atom. The molecular formula is C27H21ClN2O3. The summed E-state index contributed by atoms with van der Waals surface area (Å²) < 4.78 is 9.29. The molecule has 33 heavy (non-hydrogen) atoms. The highest BCUT2D eigenvalue weighted by Gasteiger charge is 2.27. The molecule has 2 aromatic heterocycles.